The molecule has 3 rings (SSSR count). The summed E-state index contributed by atoms with van der Waals surface area (Å²) in [6, 6.07) is 7.49. The predicted octanol–water partition coefficient (Wildman–Crippen LogP) is 2.97. The Labute approximate surface area is 117 Å². The van der Waals surface area contributed by atoms with Gasteiger partial charge in [-0.05, 0) is 36.4 Å². The molecule has 0 unspecified atom stereocenters. The van der Waals surface area contributed by atoms with Crippen LogP contribution < -0.4 is 5.73 Å². The minimum absolute atomic E-state index is 0.0935. The first-order valence-electron chi connectivity index (χ1n) is 5.92. The third-order valence-corrected chi connectivity index (χ3v) is 2.88. The van der Waals surface area contributed by atoms with Crippen molar-refractivity contribution >= 4 is 5.69 Å². The summed E-state index contributed by atoms with van der Waals surface area (Å²) in [6.07, 6.45) is 0. The first-order chi connectivity index (χ1) is 10.0. The van der Waals surface area contributed by atoms with Gasteiger partial charge in [-0.1, -0.05) is 5.16 Å². The first-order valence-corrected chi connectivity index (χ1v) is 5.92. The Morgan fingerprint density at radius 2 is 1.90 bits per heavy atom. The number of aromatic nitrogens is 2. The lowest BCUT2D eigenvalue weighted by Gasteiger charge is -1.99. The molecule has 0 amide bonds. The molecule has 106 valence electrons. The molecular weight excluding hydrogens is 280 g/mol. The highest BCUT2D eigenvalue weighted by Crippen LogP contribution is 2.28. The van der Waals surface area contributed by atoms with Gasteiger partial charge in [-0.3, -0.25) is 0 Å². The fourth-order valence-electron chi connectivity index (χ4n) is 1.82. The molecule has 2 aromatic carbocycles. The highest BCUT2D eigenvalue weighted by atomic mass is 19.1. The van der Waals surface area contributed by atoms with Crippen molar-refractivity contribution in [2.24, 2.45) is 0 Å². The molecule has 0 aliphatic rings. The molecule has 0 atom stereocenters. The van der Waals surface area contributed by atoms with E-state index in [9.17, 15) is 8.78 Å². The van der Waals surface area contributed by atoms with E-state index in [-0.39, 0.29) is 17.4 Å². The second kappa shape index (κ2) is 4.86. The lowest BCUT2D eigenvalue weighted by atomic mass is 10.1. The number of nitrogen functional groups attached to an aromatic ring is 1. The van der Waals surface area contributed by atoms with Crippen LogP contribution in [-0.4, -0.2) is 15.2 Å². The van der Waals surface area contributed by atoms with Crippen LogP contribution in [0.2, 0.25) is 0 Å². The van der Waals surface area contributed by atoms with E-state index in [0.29, 0.717) is 11.1 Å². The van der Waals surface area contributed by atoms with Gasteiger partial charge in [-0.2, -0.15) is 4.98 Å². The van der Waals surface area contributed by atoms with Crippen LogP contribution in [0, 0.1) is 11.6 Å². The van der Waals surface area contributed by atoms with Crippen molar-refractivity contribution in [2.45, 2.75) is 0 Å². The summed E-state index contributed by atoms with van der Waals surface area (Å²) in [5.74, 6) is -1.51. The summed E-state index contributed by atoms with van der Waals surface area (Å²) in [5, 5.41) is 12.9. The van der Waals surface area contributed by atoms with Gasteiger partial charge in [-0.15, -0.1) is 0 Å². The molecule has 0 aliphatic heterocycles. The van der Waals surface area contributed by atoms with E-state index in [1.807, 2.05) is 0 Å². The molecule has 3 aromatic rings. The van der Waals surface area contributed by atoms with Gasteiger partial charge in [0.25, 0.3) is 5.89 Å². The molecule has 1 heterocycles. The first kappa shape index (κ1) is 13.0. The average molecular weight is 289 g/mol. The van der Waals surface area contributed by atoms with Crippen LogP contribution in [0.1, 0.15) is 0 Å². The van der Waals surface area contributed by atoms with E-state index in [1.54, 1.807) is 0 Å². The summed E-state index contributed by atoms with van der Waals surface area (Å²) in [4.78, 5) is 4.08. The van der Waals surface area contributed by atoms with E-state index < -0.39 is 17.4 Å². The molecule has 3 N–H and O–H groups in total. The molecule has 7 heteroatoms. The summed E-state index contributed by atoms with van der Waals surface area (Å²) < 4.78 is 31.4. The monoisotopic (exact) mass is 289 g/mol. The van der Waals surface area contributed by atoms with Gasteiger partial charge >= 0.3 is 0 Å². The normalized spacial score (nSPS) is 10.8. The van der Waals surface area contributed by atoms with E-state index >= 15 is 0 Å². The largest absolute Gasteiger partial charge is 0.505 e. The number of phenols is 1. The maximum absolute atomic E-state index is 13.3. The van der Waals surface area contributed by atoms with Crippen molar-refractivity contribution in [3.63, 3.8) is 0 Å². The Kier molecular flexibility index (Phi) is 3.02. The number of halogens is 2. The number of hydrogen-bond donors (Lipinski definition) is 2. The van der Waals surface area contributed by atoms with E-state index in [2.05, 4.69) is 10.1 Å². The molecule has 0 saturated carbocycles. The smallest absolute Gasteiger partial charge is 0.260 e. The molecule has 1 aromatic heterocycles. The molecule has 21 heavy (non-hydrogen) atoms. The summed E-state index contributed by atoms with van der Waals surface area (Å²) in [5.41, 5.74) is 6.56. The number of nitrogens with two attached hydrogens (primary N) is 1. The number of hydrogen-bond acceptors (Lipinski definition) is 5. The van der Waals surface area contributed by atoms with Crippen molar-refractivity contribution in [1.82, 2.24) is 10.1 Å². The Morgan fingerprint density at radius 3 is 2.62 bits per heavy atom. The van der Waals surface area contributed by atoms with E-state index in [1.165, 1.54) is 24.3 Å². The maximum atomic E-state index is 13.3. The molecular formula is C14H9F2N3O2. The van der Waals surface area contributed by atoms with Gasteiger partial charge in [-0.25, -0.2) is 8.78 Å². The van der Waals surface area contributed by atoms with Crippen molar-refractivity contribution in [3.8, 4) is 28.6 Å². The highest BCUT2D eigenvalue weighted by Gasteiger charge is 2.14. The zero-order valence-electron chi connectivity index (χ0n) is 10.5. The second-order valence-electron chi connectivity index (χ2n) is 4.32. The van der Waals surface area contributed by atoms with Crippen molar-refractivity contribution in [3.05, 3.63) is 48.0 Å². The lowest BCUT2D eigenvalue weighted by Crippen LogP contribution is -1.91. The van der Waals surface area contributed by atoms with Gasteiger partial charge in [0.05, 0.1) is 5.56 Å². The van der Waals surface area contributed by atoms with Gasteiger partial charge in [0.2, 0.25) is 5.82 Å². The third-order valence-electron chi connectivity index (χ3n) is 2.88. The zero-order valence-corrected chi connectivity index (χ0v) is 10.5. The summed E-state index contributed by atoms with van der Waals surface area (Å²) in [6.45, 7) is 0. The molecule has 5 nitrogen and oxygen atoms in total. The van der Waals surface area contributed by atoms with Gasteiger partial charge in [0.15, 0.2) is 11.6 Å². The molecule has 0 saturated heterocycles. The van der Waals surface area contributed by atoms with Crippen molar-refractivity contribution in [2.75, 3.05) is 5.73 Å². The Hall–Kier alpha value is -2.96. The average Bonchev–Trinajstić information content (AvgIpc) is 2.91. The van der Waals surface area contributed by atoms with Gasteiger partial charge in [0.1, 0.15) is 5.82 Å². The maximum Gasteiger partial charge on any atom is 0.260 e. The zero-order chi connectivity index (χ0) is 15.0. The number of phenolic OH excluding ortho intramolecular Hbond substituents is 1. The lowest BCUT2D eigenvalue weighted by molar-refractivity contribution is 0.430. The van der Waals surface area contributed by atoms with Crippen LogP contribution in [-0.2, 0) is 0 Å². The Morgan fingerprint density at radius 1 is 1.10 bits per heavy atom. The fraction of sp³-hybridized carbons (Fsp3) is 0. The number of anilines is 1. The van der Waals surface area contributed by atoms with Crippen LogP contribution in [0.5, 0.6) is 5.75 Å². The predicted molar refractivity (Wildman–Crippen MR) is 71.2 cm³/mol. The quantitative estimate of drug-likeness (QED) is 0.708. The molecule has 0 fully saturated rings. The topological polar surface area (TPSA) is 85.2 Å². The minimum atomic E-state index is -0.792. The van der Waals surface area contributed by atoms with Crippen LogP contribution >= 0.6 is 0 Å². The van der Waals surface area contributed by atoms with Crippen LogP contribution in [0.3, 0.4) is 0 Å². The number of aromatic hydroxyl groups is 1. The van der Waals surface area contributed by atoms with Crippen molar-refractivity contribution < 1.29 is 18.4 Å². The Bertz CT molecular complexity index is 818. The van der Waals surface area contributed by atoms with Gasteiger partial charge in [0, 0.05) is 11.3 Å². The minimum Gasteiger partial charge on any atom is -0.505 e. The van der Waals surface area contributed by atoms with Crippen molar-refractivity contribution in [1.29, 1.82) is 0 Å². The van der Waals surface area contributed by atoms with Crippen LogP contribution in [0.25, 0.3) is 22.8 Å². The van der Waals surface area contributed by atoms with Crippen LogP contribution in [0.4, 0.5) is 14.5 Å². The third kappa shape index (κ3) is 2.40. The molecule has 0 spiro atoms. The fourth-order valence-corrected chi connectivity index (χ4v) is 1.82. The SMILES string of the molecule is Nc1cc(F)ccc1-c1nc(-c2ccc(O)c(F)c2)no1. The molecule has 0 radical (unpaired) electrons. The molecule has 0 aliphatic carbocycles. The van der Waals surface area contributed by atoms with E-state index in [4.69, 9.17) is 15.4 Å². The summed E-state index contributed by atoms with van der Waals surface area (Å²) >= 11 is 0. The molecule has 0 bridgehead atoms. The number of nitrogens with zero attached hydrogens (tertiary/aromatic N) is 2. The van der Waals surface area contributed by atoms with Crippen LogP contribution in [0.15, 0.2) is 40.9 Å². The number of rotatable bonds is 2. The second-order valence-corrected chi connectivity index (χ2v) is 4.32. The Balaban J connectivity index is 2.01. The van der Waals surface area contributed by atoms with E-state index in [0.717, 1.165) is 12.1 Å². The standard InChI is InChI=1S/C14H9F2N3O2/c15-8-2-3-9(11(17)6-8)14-18-13(19-21-14)7-1-4-12(20)10(16)5-7/h1-6,20H,17H2. The number of benzene rings is 2. The summed E-state index contributed by atoms with van der Waals surface area (Å²) in [7, 11) is 0. The highest BCUT2D eigenvalue weighted by molar-refractivity contribution is 5.71. The van der Waals surface area contributed by atoms with Gasteiger partial charge < -0.3 is 15.4 Å².